The SMILES string of the molecule is COc1ccc(-c2c(C)nc(Cl)n2-c2ncc(Cl)cc2Cl)cc1. The van der Waals surface area contributed by atoms with E-state index in [0.29, 0.717) is 15.9 Å². The lowest BCUT2D eigenvalue weighted by molar-refractivity contribution is 0.415. The molecule has 0 atom stereocenters. The van der Waals surface area contributed by atoms with Crippen molar-refractivity contribution in [3.05, 3.63) is 57.6 Å². The van der Waals surface area contributed by atoms with E-state index in [9.17, 15) is 0 Å². The molecule has 1 aromatic carbocycles. The molecule has 0 saturated carbocycles. The van der Waals surface area contributed by atoms with Gasteiger partial charge in [-0.1, -0.05) is 23.2 Å². The van der Waals surface area contributed by atoms with Crippen molar-refractivity contribution in [2.24, 2.45) is 0 Å². The number of nitrogens with zero attached hydrogens (tertiary/aromatic N) is 3. The number of hydrogen-bond acceptors (Lipinski definition) is 3. The smallest absolute Gasteiger partial charge is 0.209 e. The lowest BCUT2D eigenvalue weighted by Gasteiger charge is -2.11. The van der Waals surface area contributed by atoms with E-state index in [2.05, 4.69) is 9.97 Å². The number of pyridine rings is 1. The Bertz CT molecular complexity index is 860. The van der Waals surface area contributed by atoms with Crippen LogP contribution < -0.4 is 4.74 Å². The Morgan fingerprint density at radius 2 is 1.78 bits per heavy atom. The van der Waals surface area contributed by atoms with Gasteiger partial charge in [-0.05, 0) is 48.9 Å². The van der Waals surface area contributed by atoms with Crippen LogP contribution >= 0.6 is 34.8 Å². The average Bonchev–Trinajstić information content (AvgIpc) is 2.82. The lowest BCUT2D eigenvalue weighted by atomic mass is 10.1. The van der Waals surface area contributed by atoms with Gasteiger partial charge in [0.1, 0.15) is 5.75 Å². The maximum Gasteiger partial charge on any atom is 0.209 e. The number of ether oxygens (including phenoxy) is 1. The molecule has 0 bridgehead atoms. The molecule has 0 aliphatic heterocycles. The molecule has 0 radical (unpaired) electrons. The maximum atomic E-state index is 6.30. The van der Waals surface area contributed by atoms with Crippen LogP contribution in [0.5, 0.6) is 5.75 Å². The second kappa shape index (κ2) is 6.40. The van der Waals surface area contributed by atoms with Gasteiger partial charge in [0, 0.05) is 11.8 Å². The molecule has 118 valence electrons. The largest absolute Gasteiger partial charge is 0.497 e. The van der Waals surface area contributed by atoms with Crippen molar-refractivity contribution in [3.8, 4) is 22.8 Å². The van der Waals surface area contributed by atoms with Crippen LogP contribution in [0.3, 0.4) is 0 Å². The number of rotatable bonds is 3. The van der Waals surface area contributed by atoms with E-state index in [1.807, 2.05) is 31.2 Å². The Labute approximate surface area is 148 Å². The van der Waals surface area contributed by atoms with Gasteiger partial charge in [0.05, 0.1) is 28.5 Å². The van der Waals surface area contributed by atoms with Gasteiger partial charge < -0.3 is 4.74 Å². The number of methoxy groups -OCH3 is 1. The molecule has 2 aromatic heterocycles. The van der Waals surface area contributed by atoms with Crippen LogP contribution in [0, 0.1) is 6.92 Å². The van der Waals surface area contributed by atoms with Gasteiger partial charge >= 0.3 is 0 Å². The van der Waals surface area contributed by atoms with Crippen molar-refractivity contribution >= 4 is 34.8 Å². The van der Waals surface area contributed by atoms with E-state index < -0.39 is 0 Å². The van der Waals surface area contributed by atoms with Crippen LogP contribution in [0.1, 0.15) is 5.69 Å². The van der Waals surface area contributed by atoms with E-state index >= 15 is 0 Å². The molecular weight excluding hydrogens is 357 g/mol. The van der Waals surface area contributed by atoms with Crippen LogP contribution in [0.4, 0.5) is 0 Å². The number of aromatic nitrogens is 3. The normalized spacial score (nSPS) is 10.8. The van der Waals surface area contributed by atoms with E-state index in [-0.39, 0.29) is 5.28 Å². The van der Waals surface area contributed by atoms with Crippen molar-refractivity contribution in [2.75, 3.05) is 7.11 Å². The fourth-order valence-electron chi connectivity index (χ4n) is 2.35. The number of aryl methyl sites for hydroxylation is 1. The van der Waals surface area contributed by atoms with Crippen molar-refractivity contribution in [1.29, 1.82) is 0 Å². The maximum absolute atomic E-state index is 6.30. The van der Waals surface area contributed by atoms with Gasteiger partial charge in [-0.15, -0.1) is 0 Å². The van der Waals surface area contributed by atoms with Gasteiger partial charge in [0.2, 0.25) is 5.28 Å². The summed E-state index contributed by atoms with van der Waals surface area (Å²) in [5.41, 5.74) is 2.51. The molecule has 23 heavy (non-hydrogen) atoms. The van der Waals surface area contributed by atoms with Crippen LogP contribution in [-0.4, -0.2) is 21.6 Å². The summed E-state index contributed by atoms with van der Waals surface area (Å²) in [5, 5.41) is 1.13. The zero-order valence-electron chi connectivity index (χ0n) is 12.3. The summed E-state index contributed by atoms with van der Waals surface area (Å²) in [4.78, 5) is 8.63. The molecule has 3 rings (SSSR count). The molecule has 4 nitrogen and oxygen atoms in total. The topological polar surface area (TPSA) is 39.9 Å². The molecule has 0 unspecified atom stereocenters. The first kappa shape index (κ1) is 16.1. The molecule has 0 spiro atoms. The van der Waals surface area contributed by atoms with Gasteiger partial charge in [0.25, 0.3) is 0 Å². The first-order chi connectivity index (χ1) is 11.0. The van der Waals surface area contributed by atoms with Gasteiger partial charge in [-0.3, -0.25) is 4.57 Å². The third-order valence-corrected chi connectivity index (χ3v) is 4.11. The fourth-order valence-corrected chi connectivity index (χ4v) is 3.10. The van der Waals surface area contributed by atoms with Gasteiger partial charge in [0.15, 0.2) is 5.82 Å². The van der Waals surface area contributed by atoms with Crippen molar-refractivity contribution in [2.45, 2.75) is 6.92 Å². The zero-order chi connectivity index (χ0) is 16.6. The van der Waals surface area contributed by atoms with Crippen molar-refractivity contribution < 1.29 is 4.74 Å². The number of halogens is 3. The van der Waals surface area contributed by atoms with Crippen LogP contribution in [-0.2, 0) is 0 Å². The molecule has 0 amide bonds. The van der Waals surface area contributed by atoms with Crippen LogP contribution in [0.15, 0.2) is 36.5 Å². The second-order valence-electron chi connectivity index (χ2n) is 4.84. The summed E-state index contributed by atoms with van der Waals surface area (Å²) in [6.07, 6.45) is 1.52. The zero-order valence-corrected chi connectivity index (χ0v) is 14.6. The number of benzene rings is 1. The highest BCUT2D eigenvalue weighted by Crippen LogP contribution is 2.33. The van der Waals surface area contributed by atoms with Crippen molar-refractivity contribution in [1.82, 2.24) is 14.5 Å². The Morgan fingerprint density at radius 1 is 1.09 bits per heavy atom. The second-order valence-corrected chi connectivity index (χ2v) is 6.02. The highest BCUT2D eigenvalue weighted by atomic mass is 35.5. The highest BCUT2D eigenvalue weighted by molar-refractivity contribution is 6.35. The van der Waals surface area contributed by atoms with E-state index in [0.717, 1.165) is 22.7 Å². The molecule has 2 heterocycles. The monoisotopic (exact) mass is 367 g/mol. The average molecular weight is 369 g/mol. The van der Waals surface area contributed by atoms with E-state index in [1.165, 1.54) is 6.20 Å². The molecule has 7 heteroatoms. The Hall–Kier alpha value is -1.75. The molecular formula is C16H12Cl3N3O. The highest BCUT2D eigenvalue weighted by Gasteiger charge is 2.19. The minimum Gasteiger partial charge on any atom is -0.497 e. The number of hydrogen-bond donors (Lipinski definition) is 0. The van der Waals surface area contributed by atoms with E-state index in [4.69, 9.17) is 39.5 Å². The minimum atomic E-state index is 0.282. The summed E-state index contributed by atoms with van der Waals surface area (Å²) in [6.45, 7) is 1.88. The van der Waals surface area contributed by atoms with E-state index in [1.54, 1.807) is 17.7 Å². The third kappa shape index (κ3) is 3.02. The van der Waals surface area contributed by atoms with Gasteiger partial charge in [-0.2, -0.15) is 0 Å². The molecule has 0 N–H and O–H groups in total. The lowest BCUT2D eigenvalue weighted by Crippen LogP contribution is -2.01. The van der Waals surface area contributed by atoms with Gasteiger partial charge in [-0.25, -0.2) is 9.97 Å². The summed E-state index contributed by atoms with van der Waals surface area (Å²) in [7, 11) is 1.62. The quantitative estimate of drug-likeness (QED) is 0.637. The fraction of sp³-hybridized carbons (Fsp3) is 0.125. The summed E-state index contributed by atoms with van der Waals surface area (Å²) >= 11 is 18.5. The molecule has 0 fully saturated rings. The summed E-state index contributed by atoms with van der Waals surface area (Å²) in [5.74, 6) is 1.25. The number of imidazole rings is 1. The van der Waals surface area contributed by atoms with Crippen LogP contribution in [0.25, 0.3) is 17.1 Å². The first-order valence-electron chi connectivity index (χ1n) is 6.72. The summed E-state index contributed by atoms with van der Waals surface area (Å²) < 4.78 is 6.90. The Kier molecular flexibility index (Phi) is 4.48. The Balaban J connectivity index is 2.21. The summed E-state index contributed by atoms with van der Waals surface area (Å²) in [6, 6.07) is 9.22. The molecule has 0 aliphatic rings. The standard InChI is InChI=1S/C16H12Cl3N3O/c1-9-14(10-3-5-12(23-2)6-4-10)22(16(19)21-9)15-13(18)7-11(17)8-20-15/h3-8H,1-2H3. The van der Waals surface area contributed by atoms with Crippen LogP contribution in [0.2, 0.25) is 15.3 Å². The molecule has 0 aliphatic carbocycles. The molecule has 3 aromatic rings. The third-order valence-electron chi connectivity index (χ3n) is 3.37. The molecule has 0 saturated heterocycles. The first-order valence-corrected chi connectivity index (χ1v) is 7.85. The Morgan fingerprint density at radius 3 is 2.39 bits per heavy atom. The predicted octanol–water partition coefficient (Wildman–Crippen LogP) is 5.21. The predicted molar refractivity (Wildman–Crippen MR) is 93.1 cm³/mol. The van der Waals surface area contributed by atoms with Crippen molar-refractivity contribution in [3.63, 3.8) is 0 Å². The minimum absolute atomic E-state index is 0.282.